The van der Waals surface area contributed by atoms with Gasteiger partial charge >= 0.3 is 11.9 Å². The summed E-state index contributed by atoms with van der Waals surface area (Å²) >= 11 is 0. The van der Waals surface area contributed by atoms with Gasteiger partial charge in [0.1, 0.15) is 12.2 Å². The quantitative estimate of drug-likeness (QED) is 0.501. The van der Waals surface area contributed by atoms with E-state index < -0.39 is 6.10 Å². The zero-order chi connectivity index (χ0) is 22.9. The molecule has 0 saturated heterocycles. The summed E-state index contributed by atoms with van der Waals surface area (Å²) in [5.74, 6) is 0.400. The van der Waals surface area contributed by atoms with Crippen molar-refractivity contribution in [1.29, 1.82) is 0 Å². The monoisotopic (exact) mass is 432 g/mol. The number of rotatable bonds is 4. The van der Waals surface area contributed by atoms with Crippen LogP contribution in [0.15, 0.2) is 23.8 Å². The molecule has 0 aromatic heterocycles. The summed E-state index contributed by atoms with van der Waals surface area (Å²) in [4.78, 5) is 24.4. The summed E-state index contributed by atoms with van der Waals surface area (Å²) in [5, 5.41) is 10.9. The minimum Gasteiger partial charge on any atom is -0.462 e. The zero-order valence-electron chi connectivity index (χ0n) is 19.9. The summed E-state index contributed by atoms with van der Waals surface area (Å²) < 4.78 is 11.9. The minimum atomic E-state index is -0.579. The third kappa shape index (κ3) is 4.62. The van der Waals surface area contributed by atoms with Gasteiger partial charge in [0.05, 0.1) is 6.10 Å². The molecule has 5 nitrogen and oxygen atoms in total. The average Bonchev–Trinajstić information content (AvgIpc) is 3.11. The predicted octanol–water partition coefficient (Wildman–Crippen LogP) is 4.98. The molecule has 0 radical (unpaired) electrons. The standard InChI is InChI=1S/C26H40O5/c1-7-23(28)30-21-10-9-15(3)20(27)13-18-14-22(31-24(29)8-2)26(6)12-11-19(17(21)5)25(26)16(18)4/h9,17-22,25,27H,4,7-8,10-14H2,1-3,5-6H3. The molecule has 0 spiro atoms. The lowest BCUT2D eigenvalue weighted by atomic mass is 9.58. The Labute approximate surface area is 187 Å². The number of carbonyl (C=O) groups is 2. The molecular weight excluding hydrogens is 392 g/mol. The van der Waals surface area contributed by atoms with Crippen LogP contribution in [0.25, 0.3) is 0 Å². The van der Waals surface area contributed by atoms with E-state index in [0.717, 1.165) is 24.8 Å². The molecule has 8 unspecified atom stereocenters. The van der Waals surface area contributed by atoms with E-state index in [1.807, 2.05) is 26.8 Å². The molecule has 174 valence electrons. The molecule has 8 atom stereocenters. The second kappa shape index (κ2) is 9.48. The number of hydrogen-bond donors (Lipinski definition) is 1. The SMILES string of the molecule is C=C1C2CC(O)C(C)=CCC(OC(=O)CC)C(C)C3CCC(C)(C(OC(=O)CC)C2)C13. The van der Waals surface area contributed by atoms with Crippen LogP contribution in [0.1, 0.15) is 79.6 Å². The fraction of sp³-hybridized carbons (Fsp3) is 0.769. The maximum atomic E-state index is 12.3. The van der Waals surface area contributed by atoms with Gasteiger partial charge in [0, 0.05) is 24.7 Å². The number of allylic oxidation sites excluding steroid dienone is 1. The van der Waals surface area contributed by atoms with Crippen LogP contribution >= 0.6 is 0 Å². The Morgan fingerprint density at radius 3 is 2.48 bits per heavy atom. The molecule has 1 N–H and O–H groups in total. The highest BCUT2D eigenvalue weighted by Crippen LogP contribution is 2.61. The predicted molar refractivity (Wildman–Crippen MR) is 120 cm³/mol. The van der Waals surface area contributed by atoms with Gasteiger partial charge in [-0.1, -0.05) is 45.9 Å². The highest BCUT2D eigenvalue weighted by molar-refractivity contribution is 5.69. The van der Waals surface area contributed by atoms with Crippen LogP contribution in [0, 0.1) is 29.1 Å². The van der Waals surface area contributed by atoms with Crippen molar-refractivity contribution in [1.82, 2.24) is 0 Å². The highest BCUT2D eigenvalue weighted by Gasteiger charge is 2.58. The van der Waals surface area contributed by atoms with Crippen LogP contribution < -0.4 is 0 Å². The van der Waals surface area contributed by atoms with Crippen molar-refractivity contribution in [3.05, 3.63) is 23.8 Å². The summed E-state index contributed by atoms with van der Waals surface area (Å²) in [6, 6.07) is 0. The number of ether oxygens (including phenoxy) is 2. The average molecular weight is 433 g/mol. The van der Waals surface area contributed by atoms with Gasteiger partial charge in [0.15, 0.2) is 0 Å². The van der Waals surface area contributed by atoms with E-state index in [1.54, 1.807) is 0 Å². The lowest BCUT2D eigenvalue weighted by Gasteiger charge is -2.50. The van der Waals surface area contributed by atoms with Gasteiger partial charge in [-0.25, -0.2) is 0 Å². The minimum absolute atomic E-state index is 0.105. The van der Waals surface area contributed by atoms with Gasteiger partial charge in [-0.2, -0.15) is 0 Å². The van der Waals surface area contributed by atoms with Crippen LogP contribution in [0.2, 0.25) is 0 Å². The van der Waals surface area contributed by atoms with Gasteiger partial charge in [-0.15, -0.1) is 0 Å². The van der Waals surface area contributed by atoms with Crippen molar-refractivity contribution >= 4 is 11.9 Å². The van der Waals surface area contributed by atoms with Crippen LogP contribution in [0.4, 0.5) is 0 Å². The first kappa shape index (κ1) is 24.0. The van der Waals surface area contributed by atoms with Crippen molar-refractivity contribution < 1.29 is 24.2 Å². The molecule has 0 aromatic carbocycles. The fourth-order valence-electron chi connectivity index (χ4n) is 6.31. The first-order valence-corrected chi connectivity index (χ1v) is 12.0. The first-order chi connectivity index (χ1) is 14.6. The molecule has 3 rings (SSSR count). The molecule has 0 aliphatic heterocycles. The molecule has 31 heavy (non-hydrogen) atoms. The number of carbonyl (C=O) groups excluding carboxylic acids is 2. The van der Waals surface area contributed by atoms with Crippen LogP contribution in [-0.2, 0) is 19.1 Å². The molecule has 0 aromatic rings. The Morgan fingerprint density at radius 2 is 1.84 bits per heavy atom. The van der Waals surface area contributed by atoms with Crippen LogP contribution in [0.3, 0.4) is 0 Å². The highest BCUT2D eigenvalue weighted by atomic mass is 16.5. The van der Waals surface area contributed by atoms with Gasteiger partial charge in [0.2, 0.25) is 0 Å². The smallest absolute Gasteiger partial charge is 0.305 e. The lowest BCUT2D eigenvalue weighted by molar-refractivity contribution is -0.163. The Hall–Kier alpha value is -1.62. The normalized spacial score (nSPS) is 40.5. The van der Waals surface area contributed by atoms with E-state index in [1.165, 1.54) is 5.57 Å². The second-order valence-corrected chi connectivity index (χ2v) is 10.2. The van der Waals surface area contributed by atoms with Crippen molar-refractivity contribution in [3.63, 3.8) is 0 Å². The third-order valence-corrected chi connectivity index (χ3v) is 8.41. The van der Waals surface area contributed by atoms with Crippen molar-refractivity contribution in [2.24, 2.45) is 29.1 Å². The summed E-state index contributed by atoms with van der Waals surface area (Å²) in [6.07, 6.45) is 5.65. The lowest BCUT2D eigenvalue weighted by Crippen LogP contribution is -2.49. The van der Waals surface area contributed by atoms with Gasteiger partial charge < -0.3 is 14.6 Å². The largest absolute Gasteiger partial charge is 0.462 e. The molecule has 0 heterocycles. The number of aliphatic hydroxyl groups excluding tert-OH is 1. The fourth-order valence-corrected chi connectivity index (χ4v) is 6.31. The maximum absolute atomic E-state index is 12.3. The van der Waals surface area contributed by atoms with Gasteiger partial charge in [-0.3, -0.25) is 9.59 Å². The van der Waals surface area contributed by atoms with E-state index >= 15 is 0 Å². The van der Waals surface area contributed by atoms with Gasteiger partial charge in [0.25, 0.3) is 0 Å². The summed E-state index contributed by atoms with van der Waals surface area (Å²) in [6.45, 7) is 14.6. The molecule has 3 aliphatic carbocycles. The first-order valence-electron chi connectivity index (χ1n) is 12.0. The van der Waals surface area contributed by atoms with E-state index in [4.69, 9.17) is 9.47 Å². The van der Waals surface area contributed by atoms with Gasteiger partial charge in [-0.05, 0) is 61.9 Å². The van der Waals surface area contributed by atoms with E-state index in [2.05, 4.69) is 20.4 Å². The second-order valence-electron chi connectivity index (χ2n) is 10.2. The topological polar surface area (TPSA) is 72.8 Å². The van der Waals surface area contributed by atoms with Crippen molar-refractivity contribution in [2.75, 3.05) is 0 Å². The number of fused-ring (bicyclic) bond motifs is 1. The Kier molecular flexibility index (Phi) is 7.35. The van der Waals surface area contributed by atoms with Crippen LogP contribution in [0.5, 0.6) is 0 Å². The van der Waals surface area contributed by atoms with E-state index in [-0.39, 0.29) is 47.3 Å². The van der Waals surface area contributed by atoms with E-state index in [9.17, 15) is 14.7 Å². The molecular formula is C26H40O5. The molecule has 5 heteroatoms. The number of hydrogen-bond acceptors (Lipinski definition) is 5. The Bertz CT molecular complexity index is 740. The molecule has 2 saturated carbocycles. The van der Waals surface area contributed by atoms with Crippen molar-refractivity contribution in [2.45, 2.75) is 97.9 Å². The Morgan fingerprint density at radius 1 is 1.19 bits per heavy atom. The number of esters is 2. The molecule has 2 bridgehead atoms. The van der Waals surface area contributed by atoms with Crippen LogP contribution in [-0.4, -0.2) is 35.4 Å². The molecule has 3 aliphatic rings. The van der Waals surface area contributed by atoms with Crippen molar-refractivity contribution in [3.8, 4) is 0 Å². The third-order valence-electron chi connectivity index (χ3n) is 8.41. The molecule has 0 amide bonds. The number of aliphatic hydroxyl groups is 1. The summed E-state index contributed by atoms with van der Waals surface area (Å²) in [5.41, 5.74) is 1.91. The molecule has 2 fully saturated rings. The zero-order valence-corrected chi connectivity index (χ0v) is 19.9. The van der Waals surface area contributed by atoms with E-state index in [0.29, 0.717) is 31.6 Å². The summed E-state index contributed by atoms with van der Waals surface area (Å²) in [7, 11) is 0. The Balaban J connectivity index is 2.02. The maximum Gasteiger partial charge on any atom is 0.305 e.